The van der Waals surface area contributed by atoms with Gasteiger partial charge in [-0.15, -0.1) is 0 Å². The van der Waals surface area contributed by atoms with E-state index in [-0.39, 0.29) is 0 Å². The third kappa shape index (κ3) is 2.43. The Morgan fingerprint density at radius 1 is 1.38 bits per heavy atom. The molecule has 1 atom stereocenters. The fraction of sp³-hybridized carbons (Fsp3) is 0.385. The lowest BCUT2D eigenvalue weighted by molar-refractivity contribution is 0.554. The fourth-order valence-corrected chi connectivity index (χ4v) is 2.03. The summed E-state index contributed by atoms with van der Waals surface area (Å²) in [5.41, 5.74) is 8.05. The summed E-state index contributed by atoms with van der Waals surface area (Å²) in [6, 6.07) is 8.87. The SMILES string of the molecule is C[C@H](Cc1c[nH]c2ccccc12)NCCN. The molecule has 0 amide bonds. The van der Waals surface area contributed by atoms with Crippen LogP contribution in [-0.2, 0) is 6.42 Å². The van der Waals surface area contributed by atoms with Gasteiger partial charge in [-0.1, -0.05) is 18.2 Å². The van der Waals surface area contributed by atoms with Gasteiger partial charge in [0.05, 0.1) is 0 Å². The minimum Gasteiger partial charge on any atom is -0.361 e. The van der Waals surface area contributed by atoms with Crippen LogP contribution in [-0.4, -0.2) is 24.1 Å². The molecule has 1 aromatic carbocycles. The zero-order valence-corrected chi connectivity index (χ0v) is 9.66. The summed E-state index contributed by atoms with van der Waals surface area (Å²) < 4.78 is 0. The molecule has 0 radical (unpaired) electrons. The lowest BCUT2D eigenvalue weighted by Crippen LogP contribution is -2.32. The minimum atomic E-state index is 0.461. The van der Waals surface area contributed by atoms with Crippen LogP contribution in [0.2, 0.25) is 0 Å². The predicted octanol–water partition coefficient (Wildman–Crippen LogP) is 1.65. The zero-order chi connectivity index (χ0) is 11.4. The molecule has 0 unspecified atom stereocenters. The lowest BCUT2D eigenvalue weighted by Gasteiger charge is -2.12. The van der Waals surface area contributed by atoms with Crippen LogP contribution < -0.4 is 11.1 Å². The maximum Gasteiger partial charge on any atom is 0.0456 e. The second kappa shape index (κ2) is 5.14. The molecule has 16 heavy (non-hydrogen) atoms. The molecule has 2 aromatic rings. The van der Waals surface area contributed by atoms with E-state index in [1.165, 1.54) is 16.5 Å². The first kappa shape index (κ1) is 11.2. The van der Waals surface area contributed by atoms with Gasteiger partial charge in [-0.05, 0) is 25.0 Å². The normalized spacial score (nSPS) is 13.1. The van der Waals surface area contributed by atoms with Gasteiger partial charge in [0, 0.05) is 36.2 Å². The number of hydrogen-bond donors (Lipinski definition) is 3. The molecule has 4 N–H and O–H groups in total. The first-order chi connectivity index (χ1) is 7.81. The van der Waals surface area contributed by atoms with Crippen molar-refractivity contribution in [1.82, 2.24) is 10.3 Å². The summed E-state index contributed by atoms with van der Waals surface area (Å²) in [4.78, 5) is 3.30. The molecule has 86 valence electrons. The molecule has 0 bridgehead atoms. The molecule has 0 fully saturated rings. The van der Waals surface area contributed by atoms with E-state index in [1.54, 1.807) is 0 Å². The van der Waals surface area contributed by atoms with Crippen molar-refractivity contribution in [3.8, 4) is 0 Å². The Balaban J connectivity index is 2.09. The van der Waals surface area contributed by atoms with Crippen LogP contribution in [0.5, 0.6) is 0 Å². The van der Waals surface area contributed by atoms with Gasteiger partial charge in [0.25, 0.3) is 0 Å². The third-order valence-corrected chi connectivity index (χ3v) is 2.84. The topological polar surface area (TPSA) is 53.8 Å². The Hall–Kier alpha value is -1.32. The number of nitrogens with two attached hydrogens (primary N) is 1. The Labute approximate surface area is 96.0 Å². The Morgan fingerprint density at radius 2 is 2.19 bits per heavy atom. The van der Waals surface area contributed by atoms with Gasteiger partial charge in [-0.2, -0.15) is 0 Å². The molecule has 2 rings (SSSR count). The van der Waals surface area contributed by atoms with E-state index < -0.39 is 0 Å². The van der Waals surface area contributed by atoms with Crippen molar-refractivity contribution in [3.05, 3.63) is 36.0 Å². The molecule has 0 saturated carbocycles. The van der Waals surface area contributed by atoms with E-state index in [0.717, 1.165) is 13.0 Å². The molecule has 0 aliphatic heterocycles. The molecule has 3 nitrogen and oxygen atoms in total. The second-order valence-corrected chi connectivity index (χ2v) is 4.21. The van der Waals surface area contributed by atoms with Crippen LogP contribution in [0, 0.1) is 0 Å². The summed E-state index contributed by atoms with van der Waals surface area (Å²) in [6.07, 6.45) is 3.13. The Kier molecular flexibility index (Phi) is 3.59. The van der Waals surface area contributed by atoms with E-state index in [9.17, 15) is 0 Å². The monoisotopic (exact) mass is 217 g/mol. The molecule has 0 saturated heterocycles. The van der Waals surface area contributed by atoms with Crippen molar-refractivity contribution in [2.75, 3.05) is 13.1 Å². The van der Waals surface area contributed by atoms with Gasteiger partial charge < -0.3 is 16.0 Å². The van der Waals surface area contributed by atoms with E-state index in [1.807, 2.05) is 0 Å². The van der Waals surface area contributed by atoms with Crippen molar-refractivity contribution in [2.45, 2.75) is 19.4 Å². The van der Waals surface area contributed by atoms with Gasteiger partial charge in [0.2, 0.25) is 0 Å². The summed E-state index contributed by atoms with van der Waals surface area (Å²) >= 11 is 0. The maximum absolute atomic E-state index is 5.47. The van der Waals surface area contributed by atoms with Crippen molar-refractivity contribution in [1.29, 1.82) is 0 Å². The molecular weight excluding hydrogens is 198 g/mol. The molecule has 0 aliphatic carbocycles. The smallest absolute Gasteiger partial charge is 0.0456 e. The lowest BCUT2D eigenvalue weighted by atomic mass is 10.1. The van der Waals surface area contributed by atoms with Crippen molar-refractivity contribution < 1.29 is 0 Å². The van der Waals surface area contributed by atoms with Gasteiger partial charge >= 0.3 is 0 Å². The highest BCUT2D eigenvalue weighted by molar-refractivity contribution is 5.83. The fourth-order valence-electron chi connectivity index (χ4n) is 2.03. The van der Waals surface area contributed by atoms with Crippen LogP contribution in [0.15, 0.2) is 30.5 Å². The van der Waals surface area contributed by atoms with Crippen LogP contribution in [0.1, 0.15) is 12.5 Å². The van der Waals surface area contributed by atoms with E-state index in [2.05, 4.69) is 47.7 Å². The van der Waals surface area contributed by atoms with Crippen LogP contribution in [0.25, 0.3) is 10.9 Å². The second-order valence-electron chi connectivity index (χ2n) is 4.21. The molecular formula is C13H19N3. The van der Waals surface area contributed by atoms with Gasteiger partial charge in [0.1, 0.15) is 0 Å². The van der Waals surface area contributed by atoms with E-state index in [0.29, 0.717) is 12.6 Å². The largest absolute Gasteiger partial charge is 0.361 e. The van der Waals surface area contributed by atoms with Crippen LogP contribution >= 0.6 is 0 Å². The summed E-state index contributed by atoms with van der Waals surface area (Å²) in [5, 5.41) is 4.72. The summed E-state index contributed by atoms with van der Waals surface area (Å²) in [7, 11) is 0. The van der Waals surface area contributed by atoms with Crippen LogP contribution in [0.4, 0.5) is 0 Å². The molecule has 1 heterocycles. The molecule has 3 heteroatoms. The summed E-state index contributed by atoms with van der Waals surface area (Å²) in [5.74, 6) is 0. The number of hydrogen-bond acceptors (Lipinski definition) is 2. The average Bonchev–Trinajstić information content (AvgIpc) is 2.70. The number of rotatable bonds is 5. The number of H-pyrrole nitrogens is 1. The number of para-hydroxylation sites is 1. The maximum atomic E-state index is 5.47. The number of fused-ring (bicyclic) bond motifs is 1. The Morgan fingerprint density at radius 3 is 3.00 bits per heavy atom. The van der Waals surface area contributed by atoms with Gasteiger partial charge in [-0.3, -0.25) is 0 Å². The zero-order valence-electron chi connectivity index (χ0n) is 9.66. The van der Waals surface area contributed by atoms with Crippen molar-refractivity contribution >= 4 is 10.9 Å². The van der Waals surface area contributed by atoms with Crippen LogP contribution in [0.3, 0.4) is 0 Å². The number of nitrogens with one attached hydrogen (secondary N) is 2. The van der Waals surface area contributed by atoms with Crippen molar-refractivity contribution in [2.24, 2.45) is 5.73 Å². The molecule has 1 aromatic heterocycles. The first-order valence-corrected chi connectivity index (χ1v) is 5.79. The van der Waals surface area contributed by atoms with E-state index >= 15 is 0 Å². The average molecular weight is 217 g/mol. The van der Waals surface area contributed by atoms with Gasteiger partial charge in [-0.25, -0.2) is 0 Å². The third-order valence-electron chi connectivity index (χ3n) is 2.84. The molecule has 0 spiro atoms. The minimum absolute atomic E-state index is 0.461. The highest BCUT2D eigenvalue weighted by atomic mass is 14.9. The number of aromatic amines is 1. The van der Waals surface area contributed by atoms with Crippen molar-refractivity contribution in [3.63, 3.8) is 0 Å². The Bertz CT molecular complexity index is 447. The molecule has 0 aliphatic rings. The first-order valence-electron chi connectivity index (χ1n) is 5.79. The highest BCUT2D eigenvalue weighted by Gasteiger charge is 2.06. The quantitative estimate of drug-likeness (QED) is 0.713. The number of benzene rings is 1. The van der Waals surface area contributed by atoms with E-state index in [4.69, 9.17) is 5.73 Å². The standard InChI is InChI=1S/C13H19N3/c1-10(15-7-6-14)8-11-9-16-13-5-3-2-4-12(11)13/h2-5,9-10,15-16H,6-8,14H2,1H3/t10-/m1/s1. The van der Waals surface area contributed by atoms with Gasteiger partial charge in [0.15, 0.2) is 0 Å². The predicted molar refractivity (Wildman–Crippen MR) is 68.5 cm³/mol. The highest BCUT2D eigenvalue weighted by Crippen LogP contribution is 2.18. The summed E-state index contributed by atoms with van der Waals surface area (Å²) in [6.45, 7) is 3.76. The number of aromatic nitrogens is 1.